The highest BCUT2D eigenvalue weighted by Crippen LogP contribution is 2.41. The van der Waals surface area contributed by atoms with E-state index in [0.717, 1.165) is 24.3 Å². The Hall–Kier alpha value is -0.910. The number of rotatable bonds is 8. The quantitative estimate of drug-likeness (QED) is 0.787. The molecule has 0 bridgehead atoms. The lowest BCUT2D eigenvalue weighted by Crippen LogP contribution is -2.32. The molecule has 2 N–H and O–H groups in total. The average Bonchev–Trinajstić information content (AvgIpc) is 3.12. The fraction of sp³-hybridized carbons (Fsp3) is 0.688. The van der Waals surface area contributed by atoms with E-state index in [1.54, 1.807) is 11.3 Å². The fourth-order valence-corrected chi connectivity index (χ4v) is 3.79. The molecule has 0 aromatic carbocycles. The summed E-state index contributed by atoms with van der Waals surface area (Å²) in [5.74, 6) is 1.06. The molecule has 1 fully saturated rings. The van der Waals surface area contributed by atoms with Crippen LogP contribution in [0.15, 0.2) is 11.6 Å². The van der Waals surface area contributed by atoms with Crippen LogP contribution in [0.3, 0.4) is 0 Å². The summed E-state index contributed by atoms with van der Waals surface area (Å²) < 4.78 is 2.20. The lowest BCUT2D eigenvalue weighted by molar-refractivity contribution is 0.101. The lowest BCUT2D eigenvalue weighted by atomic mass is 9.96. The first-order valence-corrected chi connectivity index (χ1v) is 8.95. The van der Waals surface area contributed by atoms with Crippen LogP contribution in [0.4, 0.5) is 0 Å². The van der Waals surface area contributed by atoms with Crippen molar-refractivity contribution in [2.75, 3.05) is 6.54 Å². The van der Waals surface area contributed by atoms with Gasteiger partial charge >= 0.3 is 0 Å². The molecule has 2 aromatic rings. The number of aliphatic hydroxyl groups is 1. The summed E-state index contributed by atoms with van der Waals surface area (Å²) in [5, 5.41) is 15.7. The van der Waals surface area contributed by atoms with Gasteiger partial charge in [-0.25, -0.2) is 4.98 Å². The first-order valence-electron chi connectivity index (χ1n) is 8.07. The first kappa shape index (κ1) is 15.0. The molecule has 1 unspecified atom stereocenters. The van der Waals surface area contributed by atoms with Gasteiger partial charge < -0.3 is 10.4 Å². The van der Waals surface area contributed by atoms with Crippen LogP contribution >= 0.6 is 11.3 Å². The van der Waals surface area contributed by atoms with E-state index in [0.29, 0.717) is 18.4 Å². The SMILES string of the molecule is CCC(CC)C(O)CNCc1c(C2CC2)nc2sccn12. The highest BCUT2D eigenvalue weighted by molar-refractivity contribution is 7.15. The molecular formula is C16H25N3OS. The van der Waals surface area contributed by atoms with E-state index < -0.39 is 0 Å². The number of thiazole rings is 1. The summed E-state index contributed by atoms with van der Waals surface area (Å²) in [6.07, 6.45) is 6.47. The summed E-state index contributed by atoms with van der Waals surface area (Å²) in [6, 6.07) is 0. The van der Waals surface area contributed by atoms with E-state index in [1.165, 1.54) is 24.2 Å². The van der Waals surface area contributed by atoms with Crippen LogP contribution in [-0.2, 0) is 6.54 Å². The number of nitrogens with zero attached hydrogens (tertiary/aromatic N) is 2. The molecule has 116 valence electrons. The van der Waals surface area contributed by atoms with Crippen molar-refractivity contribution in [3.63, 3.8) is 0 Å². The van der Waals surface area contributed by atoms with E-state index in [-0.39, 0.29) is 6.10 Å². The molecule has 4 nitrogen and oxygen atoms in total. The van der Waals surface area contributed by atoms with Crippen molar-refractivity contribution < 1.29 is 5.11 Å². The van der Waals surface area contributed by atoms with Crippen LogP contribution in [0.1, 0.15) is 56.8 Å². The Morgan fingerprint density at radius 2 is 2.19 bits per heavy atom. The molecule has 0 radical (unpaired) electrons. The van der Waals surface area contributed by atoms with E-state index in [9.17, 15) is 5.11 Å². The molecule has 1 aliphatic carbocycles. The Morgan fingerprint density at radius 1 is 1.43 bits per heavy atom. The van der Waals surface area contributed by atoms with Gasteiger partial charge in [-0.1, -0.05) is 26.7 Å². The minimum Gasteiger partial charge on any atom is -0.392 e. The highest BCUT2D eigenvalue weighted by atomic mass is 32.1. The van der Waals surface area contributed by atoms with E-state index in [1.807, 2.05) is 0 Å². The summed E-state index contributed by atoms with van der Waals surface area (Å²) in [5.41, 5.74) is 2.55. The van der Waals surface area contributed by atoms with Gasteiger partial charge in [-0.05, 0) is 18.8 Å². The lowest BCUT2D eigenvalue weighted by Gasteiger charge is -2.20. The largest absolute Gasteiger partial charge is 0.392 e. The molecule has 2 aromatic heterocycles. The minimum absolute atomic E-state index is 0.254. The van der Waals surface area contributed by atoms with Gasteiger partial charge in [-0.2, -0.15) is 0 Å². The molecule has 2 heterocycles. The molecular weight excluding hydrogens is 282 g/mol. The van der Waals surface area contributed by atoms with Crippen molar-refractivity contribution in [3.05, 3.63) is 23.0 Å². The van der Waals surface area contributed by atoms with Gasteiger partial charge in [0, 0.05) is 30.6 Å². The number of hydrogen-bond donors (Lipinski definition) is 2. The standard InChI is InChI=1S/C16H25N3OS/c1-3-11(4-2)14(20)10-17-9-13-15(12-5-6-12)18-16-19(13)7-8-21-16/h7-8,11-12,14,17,20H,3-6,9-10H2,1-2H3. The third-order valence-corrected chi connectivity index (χ3v) is 5.35. The van der Waals surface area contributed by atoms with Crippen molar-refractivity contribution in [1.29, 1.82) is 0 Å². The maximum absolute atomic E-state index is 10.2. The third kappa shape index (κ3) is 3.15. The molecule has 1 atom stereocenters. The van der Waals surface area contributed by atoms with E-state index in [4.69, 9.17) is 4.98 Å². The Balaban J connectivity index is 1.64. The molecule has 5 heteroatoms. The molecule has 0 saturated heterocycles. The predicted molar refractivity (Wildman–Crippen MR) is 86.8 cm³/mol. The van der Waals surface area contributed by atoms with Crippen molar-refractivity contribution in [1.82, 2.24) is 14.7 Å². The second-order valence-corrected chi connectivity index (χ2v) is 6.92. The smallest absolute Gasteiger partial charge is 0.194 e. The van der Waals surface area contributed by atoms with Gasteiger partial charge in [-0.15, -0.1) is 11.3 Å². The van der Waals surface area contributed by atoms with E-state index in [2.05, 4.69) is 35.1 Å². The molecule has 0 amide bonds. The maximum atomic E-state index is 10.2. The summed E-state index contributed by atoms with van der Waals surface area (Å²) >= 11 is 1.69. The normalized spacial score (nSPS) is 17.0. The summed E-state index contributed by atoms with van der Waals surface area (Å²) in [6.45, 7) is 5.75. The van der Waals surface area contributed by atoms with Crippen LogP contribution in [-0.4, -0.2) is 27.1 Å². The van der Waals surface area contributed by atoms with Crippen molar-refractivity contribution in [2.45, 2.75) is 58.1 Å². The molecule has 1 saturated carbocycles. The number of imidazole rings is 1. The Bertz CT molecular complexity index is 583. The zero-order chi connectivity index (χ0) is 14.8. The van der Waals surface area contributed by atoms with Gasteiger partial charge in [0.05, 0.1) is 17.5 Å². The monoisotopic (exact) mass is 307 g/mol. The fourth-order valence-electron chi connectivity index (χ4n) is 3.05. The topological polar surface area (TPSA) is 49.6 Å². The average molecular weight is 307 g/mol. The van der Waals surface area contributed by atoms with Crippen LogP contribution in [0.25, 0.3) is 4.96 Å². The number of hydrogen-bond acceptors (Lipinski definition) is 4. The summed E-state index contributed by atoms with van der Waals surface area (Å²) in [7, 11) is 0. The van der Waals surface area contributed by atoms with Crippen LogP contribution in [0, 0.1) is 5.92 Å². The van der Waals surface area contributed by atoms with Crippen LogP contribution in [0.2, 0.25) is 0 Å². The number of aliphatic hydroxyl groups excluding tert-OH is 1. The predicted octanol–water partition coefficient (Wildman–Crippen LogP) is 3.16. The van der Waals surface area contributed by atoms with E-state index >= 15 is 0 Å². The zero-order valence-corrected chi connectivity index (χ0v) is 13.7. The van der Waals surface area contributed by atoms with Crippen LogP contribution < -0.4 is 5.32 Å². The Kier molecular flexibility index (Phi) is 4.62. The van der Waals surface area contributed by atoms with Crippen molar-refractivity contribution in [2.24, 2.45) is 5.92 Å². The Morgan fingerprint density at radius 3 is 2.86 bits per heavy atom. The second-order valence-electron chi connectivity index (χ2n) is 6.05. The maximum Gasteiger partial charge on any atom is 0.194 e. The van der Waals surface area contributed by atoms with Gasteiger partial charge in [0.15, 0.2) is 4.96 Å². The van der Waals surface area contributed by atoms with Crippen molar-refractivity contribution in [3.8, 4) is 0 Å². The number of nitrogens with one attached hydrogen (secondary N) is 1. The molecule has 0 spiro atoms. The van der Waals surface area contributed by atoms with Gasteiger partial charge in [0.25, 0.3) is 0 Å². The first-order chi connectivity index (χ1) is 10.2. The molecule has 0 aliphatic heterocycles. The van der Waals surface area contributed by atoms with Gasteiger partial charge in [-0.3, -0.25) is 4.40 Å². The van der Waals surface area contributed by atoms with Crippen molar-refractivity contribution >= 4 is 16.3 Å². The molecule has 1 aliphatic rings. The van der Waals surface area contributed by atoms with Gasteiger partial charge in [0.1, 0.15) is 0 Å². The Labute approximate surface area is 130 Å². The van der Waals surface area contributed by atoms with Gasteiger partial charge in [0.2, 0.25) is 0 Å². The number of fused-ring (bicyclic) bond motifs is 1. The molecule has 21 heavy (non-hydrogen) atoms. The van der Waals surface area contributed by atoms with Crippen LogP contribution in [0.5, 0.6) is 0 Å². The third-order valence-electron chi connectivity index (χ3n) is 4.59. The second kappa shape index (κ2) is 6.46. The zero-order valence-electron chi connectivity index (χ0n) is 12.9. The molecule has 3 rings (SSSR count). The minimum atomic E-state index is -0.254. The summed E-state index contributed by atoms with van der Waals surface area (Å²) in [4.78, 5) is 5.87. The highest BCUT2D eigenvalue weighted by Gasteiger charge is 2.30. The number of aromatic nitrogens is 2.